The molecule has 0 aliphatic rings. The molecule has 0 saturated carbocycles. The molecule has 2 nitrogen and oxygen atoms in total. The van der Waals surface area contributed by atoms with Crippen molar-refractivity contribution in [3.8, 4) is 0 Å². The van der Waals surface area contributed by atoms with Gasteiger partial charge in [-0.2, -0.15) is 0 Å². The molecule has 1 N–H and O–H groups in total. The first-order valence-electron chi connectivity index (χ1n) is 4.81. The van der Waals surface area contributed by atoms with E-state index in [9.17, 15) is 9.50 Å². The maximum Gasteiger partial charge on any atom is 0.123 e. The number of halogens is 2. The highest BCUT2D eigenvalue weighted by atomic mass is 79.9. The van der Waals surface area contributed by atoms with Gasteiger partial charge in [-0.3, -0.25) is 0 Å². The highest BCUT2D eigenvalue weighted by Crippen LogP contribution is 2.24. The molecule has 1 aromatic carbocycles. The molecule has 0 radical (unpaired) electrons. The van der Waals surface area contributed by atoms with Gasteiger partial charge in [0.1, 0.15) is 5.82 Å². The van der Waals surface area contributed by atoms with E-state index in [2.05, 4.69) is 15.9 Å². The van der Waals surface area contributed by atoms with E-state index in [1.165, 1.54) is 24.7 Å². The maximum absolute atomic E-state index is 13.0. The predicted octanol–water partition coefficient (Wildman–Crippen LogP) is 3.46. The molecule has 1 heterocycles. The third-order valence-corrected chi connectivity index (χ3v) is 3.12. The largest absolute Gasteiger partial charge is 0.472 e. The van der Waals surface area contributed by atoms with Crippen molar-refractivity contribution in [2.45, 2.75) is 12.5 Å². The summed E-state index contributed by atoms with van der Waals surface area (Å²) in [4.78, 5) is 0. The van der Waals surface area contributed by atoms with Crippen molar-refractivity contribution in [2.24, 2.45) is 0 Å². The molecule has 1 unspecified atom stereocenters. The van der Waals surface area contributed by atoms with Crippen molar-refractivity contribution < 1.29 is 13.9 Å². The van der Waals surface area contributed by atoms with Gasteiger partial charge in [-0.05, 0) is 29.8 Å². The Balaban J connectivity index is 2.17. The van der Waals surface area contributed by atoms with Crippen molar-refractivity contribution >= 4 is 15.9 Å². The summed E-state index contributed by atoms with van der Waals surface area (Å²) in [7, 11) is 0. The molecular formula is C12H10BrFO2. The highest BCUT2D eigenvalue weighted by Gasteiger charge is 2.12. The van der Waals surface area contributed by atoms with E-state index in [1.54, 1.807) is 12.1 Å². The second kappa shape index (κ2) is 4.80. The van der Waals surface area contributed by atoms with Crippen LogP contribution in [0.5, 0.6) is 0 Å². The van der Waals surface area contributed by atoms with E-state index in [1.807, 2.05) is 0 Å². The summed E-state index contributed by atoms with van der Waals surface area (Å²) in [6, 6.07) is 6.11. The van der Waals surface area contributed by atoms with Crippen LogP contribution in [0.2, 0.25) is 0 Å². The second-order valence-electron chi connectivity index (χ2n) is 3.51. The lowest BCUT2D eigenvalue weighted by Crippen LogP contribution is -2.01. The summed E-state index contributed by atoms with van der Waals surface area (Å²) in [5, 5.41) is 9.87. The minimum atomic E-state index is -0.683. The standard InChI is InChI=1S/C12H10BrFO2/c13-11-2-1-10(14)5-9(11)6-12(15)8-3-4-16-7-8/h1-5,7,12,15H,6H2. The van der Waals surface area contributed by atoms with Crippen LogP contribution in [-0.2, 0) is 6.42 Å². The lowest BCUT2D eigenvalue weighted by molar-refractivity contribution is 0.177. The number of benzene rings is 1. The van der Waals surface area contributed by atoms with Crippen LogP contribution in [0.15, 0.2) is 45.7 Å². The maximum atomic E-state index is 13.0. The number of aliphatic hydroxyl groups is 1. The van der Waals surface area contributed by atoms with Gasteiger partial charge in [0, 0.05) is 16.5 Å². The molecule has 0 bridgehead atoms. The van der Waals surface area contributed by atoms with Crippen LogP contribution in [0.4, 0.5) is 4.39 Å². The van der Waals surface area contributed by atoms with E-state index in [-0.39, 0.29) is 5.82 Å². The fourth-order valence-electron chi connectivity index (χ4n) is 1.49. The van der Waals surface area contributed by atoms with Gasteiger partial charge >= 0.3 is 0 Å². The molecular weight excluding hydrogens is 275 g/mol. The number of hydrogen-bond donors (Lipinski definition) is 1. The first-order chi connectivity index (χ1) is 7.66. The van der Waals surface area contributed by atoms with Crippen LogP contribution in [0, 0.1) is 5.82 Å². The first kappa shape index (κ1) is 11.4. The van der Waals surface area contributed by atoms with Crippen molar-refractivity contribution in [2.75, 3.05) is 0 Å². The molecule has 1 aromatic heterocycles. The Labute approximate surface area is 101 Å². The smallest absolute Gasteiger partial charge is 0.123 e. The highest BCUT2D eigenvalue weighted by molar-refractivity contribution is 9.10. The van der Waals surface area contributed by atoms with Gasteiger partial charge in [-0.15, -0.1) is 0 Å². The molecule has 4 heteroatoms. The average molecular weight is 285 g/mol. The third kappa shape index (κ3) is 2.51. The van der Waals surface area contributed by atoms with E-state index in [0.29, 0.717) is 12.0 Å². The van der Waals surface area contributed by atoms with Crippen molar-refractivity contribution in [1.29, 1.82) is 0 Å². The zero-order valence-electron chi connectivity index (χ0n) is 8.36. The molecule has 84 valence electrons. The fraction of sp³-hybridized carbons (Fsp3) is 0.167. The van der Waals surface area contributed by atoms with Crippen molar-refractivity contribution in [3.05, 3.63) is 58.2 Å². The van der Waals surface area contributed by atoms with Gasteiger partial charge in [-0.1, -0.05) is 15.9 Å². The SMILES string of the molecule is OC(Cc1cc(F)ccc1Br)c1ccoc1. The van der Waals surface area contributed by atoms with Crippen LogP contribution >= 0.6 is 15.9 Å². The molecule has 16 heavy (non-hydrogen) atoms. The zero-order chi connectivity index (χ0) is 11.5. The fourth-order valence-corrected chi connectivity index (χ4v) is 1.90. The molecule has 2 rings (SSSR count). The van der Waals surface area contributed by atoms with Crippen LogP contribution in [-0.4, -0.2) is 5.11 Å². The van der Waals surface area contributed by atoms with E-state index in [0.717, 1.165) is 10.0 Å². The normalized spacial score (nSPS) is 12.7. The second-order valence-corrected chi connectivity index (χ2v) is 4.37. The molecule has 0 spiro atoms. The topological polar surface area (TPSA) is 33.4 Å². The monoisotopic (exact) mass is 284 g/mol. The molecule has 0 aliphatic carbocycles. The summed E-state index contributed by atoms with van der Waals surface area (Å²) in [6.07, 6.45) is 2.64. The van der Waals surface area contributed by atoms with Gasteiger partial charge in [0.15, 0.2) is 0 Å². The van der Waals surface area contributed by atoms with Gasteiger partial charge in [0.2, 0.25) is 0 Å². The Morgan fingerprint density at radius 2 is 2.19 bits per heavy atom. The third-order valence-electron chi connectivity index (χ3n) is 2.35. The minimum absolute atomic E-state index is 0.308. The Morgan fingerprint density at radius 1 is 1.38 bits per heavy atom. The minimum Gasteiger partial charge on any atom is -0.472 e. The summed E-state index contributed by atoms with van der Waals surface area (Å²) >= 11 is 3.32. The number of hydrogen-bond acceptors (Lipinski definition) is 2. The Kier molecular flexibility index (Phi) is 3.41. The van der Waals surface area contributed by atoms with Crippen LogP contribution in [0.25, 0.3) is 0 Å². The van der Waals surface area contributed by atoms with Crippen molar-refractivity contribution in [3.63, 3.8) is 0 Å². The Bertz CT molecular complexity index is 468. The molecule has 1 atom stereocenters. The Hall–Kier alpha value is -1.13. The predicted molar refractivity (Wildman–Crippen MR) is 61.5 cm³/mol. The summed E-state index contributed by atoms with van der Waals surface area (Å²) in [5.41, 5.74) is 1.42. The first-order valence-corrected chi connectivity index (χ1v) is 5.60. The average Bonchev–Trinajstić information content (AvgIpc) is 2.76. The molecule has 2 aromatic rings. The molecule has 0 saturated heterocycles. The van der Waals surface area contributed by atoms with E-state index < -0.39 is 6.10 Å². The number of aliphatic hydroxyl groups excluding tert-OH is 1. The summed E-state index contributed by atoms with van der Waals surface area (Å²) < 4.78 is 18.7. The molecule has 0 fully saturated rings. The van der Waals surface area contributed by atoms with Gasteiger partial charge in [0.25, 0.3) is 0 Å². The van der Waals surface area contributed by atoms with E-state index >= 15 is 0 Å². The van der Waals surface area contributed by atoms with E-state index in [4.69, 9.17) is 4.42 Å². The van der Waals surface area contributed by atoms with Gasteiger partial charge in [-0.25, -0.2) is 4.39 Å². The lowest BCUT2D eigenvalue weighted by atomic mass is 10.0. The Morgan fingerprint density at radius 3 is 2.88 bits per heavy atom. The van der Waals surface area contributed by atoms with Crippen LogP contribution in [0.1, 0.15) is 17.2 Å². The molecule has 0 amide bonds. The van der Waals surface area contributed by atoms with Gasteiger partial charge in [0.05, 0.1) is 18.6 Å². The quantitative estimate of drug-likeness (QED) is 0.937. The number of rotatable bonds is 3. The van der Waals surface area contributed by atoms with Crippen LogP contribution < -0.4 is 0 Å². The number of furan rings is 1. The molecule has 0 aliphatic heterocycles. The summed E-state index contributed by atoms with van der Waals surface area (Å²) in [5.74, 6) is -0.308. The summed E-state index contributed by atoms with van der Waals surface area (Å²) in [6.45, 7) is 0. The van der Waals surface area contributed by atoms with Crippen molar-refractivity contribution in [1.82, 2.24) is 0 Å². The zero-order valence-corrected chi connectivity index (χ0v) is 9.95. The lowest BCUT2D eigenvalue weighted by Gasteiger charge is -2.10. The van der Waals surface area contributed by atoms with Crippen LogP contribution in [0.3, 0.4) is 0 Å². The van der Waals surface area contributed by atoms with Gasteiger partial charge < -0.3 is 9.52 Å².